The molecular weight excluding hydrogens is 295 g/mol. The van der Waals surface area contributed by atoms with Gasteiger partial charge >= 0.3 is 12.2 Å². The number of anilines is 1. The summed E-state index contributed by atoms with van der Waals surface area (Å²) in [5, 5.41) is 4.83. The molecule has 2 rings (SSSR count). The number of carbonyl (C=O) groups is 1. The van der Waals surface area contributed by atoms with E-state index < -0.39 is 23.3 Å². The van der Waals surface area contributed by atoms with E-state index in [-0.39, 0.29) is 12.2 Å². The fraction of sp³-hybridized carbons (Fsp3) is 0.533. The topological polar surface area (TPSA) is 67.1 Å². The molecule has 1 aliphatic carbocycles. The average Bonchev–Trinajstić information content (AvgIpc) is 2.46. The molecule has 0 saturated heterocycles. The van der Waals surface area contributed by atoms with Crippen LogP contribution in [0.15, 0.2) is 24.3 Å². The molecule has 0 heterocycles. The van der Waals surface area contributed by atoms with Gasteiger partial charge in [0.15, 0.2) is 0 Å². The first-order chi connectivity index (χ1) is 10.3. The number of hydrogen-bond acceptors (Lipinski definition) is 2. The lowest BCUT2D eigenvalue weighted by atomic mass is 9.82. The first-order valence-corrected chi connectivity index (χ1v) is 7.30. The number of carbonyl (C=O) groups excluding carboxylic acids is 1. The largest absolute Gasteiger partial charge is 0.418 e. The van der Waals surface area contributed by atoms with Gasteiger partial charge < -0.3 is 16.4 Å². The van der Waals surface area contributed by atoms with Crippen LogP contribution in [0.25, 0.3) is 0 Å². The highest BCUT2D eigenvalue weighted by Crippen LogP contribution is 2.34. The monoisotopic (exact) mass is 315 g/mol. The van der Waals surface area contributed by atoms with Gasteiger partial charge in [-0.3, -0.25) is 0 Å². The first-order valence-electron chi connectivity index (χ1n) is 7.30. The molecule has 122 valence electrons. The van der Waals surface area contributed by atoms with E-state index in [0.29, 0.717) is 0 Å². The normalized spacial score (nSPS) is 17.8. The summed E-state index contributed by atoms with van der Waals surface area (Å²) >= 11 is 0. The summed E-state index contributed by atoms with van der Waals surface area (Å²) in [6.07, 6.45) is 0.263. The van der Waals surface area contributed by atoms with Gasteiger partial charge in [-0.15, -0.1) is 0 Å². The lowest BCUT2D eigenvalue weighted by molar-refractivity contribution is -0.136. The van der Waals surface area contributed by atoms with Crippen LogP contribution in [0.3, 0.4) is 0 Å². The second kappa shape index (κ2) is 6.56. The number of nitrogens with two attached hydrogens (primary N) is 1. The van der Waals surface area contributed by atoms with Crippen molar-refractivity contribution in [2.45, 2.75) is 43.8 Å². The number of rotatable bonds is 3. The third-order valence-electron chi connectivity index (χ3n) is 3.93. The molecule has 0 atom stereocenters. The average molecular weight is 315 g/mol. The van der Waals surface area contributed by atoms with Crippen LogP contribution in [0.5, 0.6) is 0 Å². The number of halogens is 3. The van der Waals surface area contributed by atoms with Crippen molar-refractivity contribution in [3.05, 3.63) is 29.8 Å². The lowest BCUT2D eigenvalue weighted by Crippen LogP contribution is -2.52. The molecule has 1 aliphatic rings. The Morgan fingerprint density at radius 1 is 1.18 bits per heavy atom. The third kappa shape index (κ3) is 4.37. The quantitative estimate of drug-likeness (QED) is 0.799. The van der Waals surface area contributed by atoms with E-state index in [4.69, 9.17) is 5.73 Å². The molecule has 22 heavy (non-hydrogen) atoms. The van der Waals surface area contributed by atoms with Crippen LogP contribution < -0.4 is 16.4 Å². The third-order valence-corrected chi connectivity index (χ3v) is 3.93. The predicted octanol–water partition coefficient (Wildman–Crippen LogP) is 3.49. The highest BCUT2D eigenvalue weighted by molar-refractivity contribution is 5.90. The van der Waals surface area contributed by atoms with Crippen LogP contribution in [0.2, 0.25) is 0 Å². The Morgan fingerprint density at radius 2 is 1.82 bits per heavy atom. The van der Waals surface area contributed by atoms with E-state index in [1.54, 1.807) is 0 Å². The van der Waals surface area contributed by atoms with Gasteiger partial charge in [-0.25, -0.2) is 4.79 Å². The smallest absolute Gasteiger partial charge is 0.336 e. The summed E-state index contributed by atoms with van der Waals surface area (Å²) < 4.78 is 38.5. The zero-order chi connectivity index (χ0) is 16.2. The summed E-state index contributed by atoms with van der Waals surface area (Å²) in [7, 11) is 0. The van der Waals surface area contributed by atoms with Crippen molar-refractivity contribution >= 4 is 11.7 Å². The molecule has 1 aromatic carbocycles. The van der Waals surface area contributed by atoms with Crippen molar-refractivity contribution in [3.8, 4) is 0 Å². The highest BCUT2D eigenvalue weighted by atomic mass is 19.4. The summed E-state index contributed by atoms with van der Waals surface area (Å²) in [5.74, 6) is 0. The molecule has 0 unspecified atom stereocenters. The van der Waals surface area contributed by atoms with E-state index in [9.17, 15) is 18.0 Å². The van der Waals surface area contributed by atoms with Crippen LogP contribution in [0, 0.1) is 0 Å². The molecule has 1 fully saturated rings. The fourth-order valence-corrected chi connectivity index (χ4v) is 2.69. The van der Waals surface area contributed by atoms with Crippen molar-refractivity contribution in [2.24, 2.45) is 5.73 Å². The minimum absolute atomic E-state index is 0.257. The zero-order valence-electron chi connectivity index (χ0n) is 12.2. The summed E-state index contributed by atoms with van der Waals surface area (Å²) in [4.78, 5) is 11.8. The van der Waals surface area contributed by atoms with Gasteiger partial charge in [-0.05, 0) is 25.0 Å². The predicted molar refractivity (Wildman–Crippen MR) is 78.5 cm³/mol. The summed E-state index contributed by atoms with van der Waals surface area (Å²) in [6, 6.07) is 4.20. The minimum Gasteiger partial charge on any atom is -0.336 e. The summed E-state index contributed by atoms with van der Waals surface area (Å²) in [5.41, 5.74) is 4.59. The minimum atomic E-state index is -4.51. The van der Waals surface area contributed by atoms with E-state index in [1.165, 1.54) is 18.2 Å². The fourth-order valence-electron chi connectivity index (χ4n) is 2.69. The van der Waals surface area contributed by atoms with Crippen molar-refractivity contribution in [1.82, 2.24) is 5.32 Å². The van der Waals surface area contributed by atoms with E-state index in [2.05, 4.69) is 10.6 Å². The first kappa shape index (κ1) is 16.6. The summed E-state index contributed by atoms with van der Waals surface area (Å²) in [6.45, 7) is 0.257. The molecule has 0 bridgehead atoms. The maximum atomic E-state index is 12.8. The Hall–Kier alpha value is -1.76. The molecule has 1 aromatic rings. The molecule has 1 saturated carbocycles. The maximum Gasteiger partial charge on any atom is 0.418 e. The lowest BCUT2D eigenvalue weighted by Gasteiger charge is -2.33. The Kier molecular flexibility index (Phi) is 4.95. The van der Waals surface area contributed by atoms with E-state index >= 15 is 0 Å². The molecule has 2 amide bonds. The number of hydrogen-bond donors (Lipinski definition) is 3. The van der Waals surface area contributed by atoms with Crippen LogP contribution >= 0.6 is 0 Å². The molecule has 0 radical (unpaired) electrons. The number of benzene rings is 1. The van der Waals surface area contributed by atoms with Crippen molar-refractivity contribution in [2.75, 3.05) is 11.9 Å². The van der Waals surface area contributed by atoms with Crippen LogP contribution in [0.4, 0.5) is 23.7 Å². The molecule has 4 nitrogen and oxygen atoms in total. The van der Waals surface area contributed by atoms with Crippen LogP contribution in [-0.2, 0) is 6.18 Å². The standard InChI is InChI=1S/C15H20F3N3O/c16-15(17,18)11-6-2-3-7-12(11)21-13(22)20-10-14(19)8-4-1-5-9-14/h2-3,6-7H,1,4-5,8-10,19H2,(H2,20,21,22). The molecule has 0 aliphatic heterocycles. The van der Waals surface area contributed by atoms with Crippen molar-refractivity contribution < 1.29 is 18.0 Å². The van der Waals surface area contributed by atoms with Gasteiger partial charge in [0.2, 0.25) is 0 Å². The van der Waals surface area contributed by atoms with Gasteiger partial charge in [0.1, 0.15) is 0 Å². The highest BCUT2D eigenvalue weighted by Gasteiger charge is 2.34. The molecule has 7 heteroatoms. The van der Waals surface area contributed by atoms with Gasteiger partial charge in [0.25, 0.3) is 0 Å². The molecule has 0 spiro atoms. The van der Waals surface area contributed by atoms with Crippen molar-refractivity contribution in [1.29, 1.82) is 0 Å². The van der Waals surface area contributed by atoms with Crippen LogP contribution in [-0.4, -0.2) is 18.1 Å². The Balaban J connectivity index is 1.95. The molecule has 0 aromatic heterocycles. The van der Waals surface area contributed by atoms with Crippen LogP contribution in [0.1, 0.15) is 37.7 Å². The van der Waals surface area contributed by atoms with Crippen molar-refractivity contribution in [3.63, 3.8) is 0 Å². The Morgan fingerprint density at radius 3 is 2.45 bits per heavy atom. The second-order valence-electron chi connectivity index (χ2n) is 5.77. The van der Waals surface area contributed by atoms with Gasteiger partial charge in [0, 0.05) is 12.1 Å². The number of alkyl halides is 3. The van der Waals surface area contributed by atoms with E-state index in [1.807, 2.05) is 0 Å². The number of nitrogens with one attached hydrogen (secondary N) is 2. The van der Waals surface area contributed by atoms with Gasteiger partial charge in [-0.1, -0.05) is 31.4 Å². The number of amides is 2. The molecule has 4 N–H and O–H groups in total. The molecular formula is C15H20F3N3O. The maximum absolute atomic E-state index is 12.8. The Labute approximate surface area is 127 Å². The zero-order valence-corrected chi connectivity index (χ0v) is 12.2. The SMILES string of the molecule is NC1(CNC(=O)Nc2ccccc2C(F)(F)F)CCCCC1. The number of para-hydroxylation sites is 1. The number of urea groups is 1. The van der Waals surface area contributed by atoms with Gasteiger partial charge in [-0.2, -0.15) is 13.2 Å². The van der Waals surface area contributed by atoms with Gasteiger partial charge in [0.05, 0.1) is 11.3 Å². The second-order valence-corrected chi connectivity index (χ2v) is 5.77. The Bertz CT molecular complexity index is 525. The van der Waals surface area contributed by atoms with E-state index in [0.717, 1.165) is 38.2 Å².